The molecule has 9 heteroatoms. The smallest absolute Gasteiger partial charge is 0.426 e. The van der Waals surface area contributed by atoms with Crippen LogP contribution in [0.25, 0.3) is 10.9 Å². The number of rotatable bonds is 9. The fourth-order valence-corrected chi connectivity index (χ4v) is 4.85. The van der Waals surface area contributed by atoms with Gasteiger partial charge in [0.25, 0.3) is 0 Å². The molecular weight excluding hydrogens is 455 g/mol. The van der Waals surface area contributed by atoms with E-state index in [9.17, 15) is 19.1 Å². The van der Waals surface area contributed by atoms with Gasteiger partial charge in [0, 0.05) is 34.6 Å². The van der Waals surface area contributed by atoms with E-state index in [0.29, 0.717) is 11.3 Å². The number of likely N-dealkylation sites (N-methyl/N-ethyl adjacent to an activating group) is 1. The van der Waals surface area contributed by atoms with Crippen LogP contribution in [0.3, 0.4) is 0 Å². The predicted octanol–water partition coefficient (Wildman–Crippen LogP) is 4.63. The first-order valence-corrected chi connectivity index (χ1v) is 12.6. The number of carbonyl (C=O) groups is 1. The van der Waals surface area contributed by atoms with Gasteiger partial charge in [0.15, 0.2) is 0 Å². The lowest BCUT2D eigenvalue weighted by Gasteiger charge is -2.29. The monoisotopic (exact) mass is 488 g/mol. The van der Waals surface area contributed by atoms with Crippen molar-refractivity contribution in [2.24, 2.45) is 0 Å². The Morgan fingerprint density at radius 2 is 1.85 bits per heavy atom. The second-order valence-electron chi connectivity index (χ2n) is 9.62. The van der Waals surface area contributed by atoms with Gasteiger partial charge in [0.1, 0.15) is 11.5 Å². The van der Waals surface area contributed by atoms with Crippen LogP contribution in [-0.4, -0.2) is 46.3 Å². The van der Waals surface area contributed by atoms with E-state index in [-0.39, 0.29) is 12.2 Å². The number of hydrogen-bond donors (Lipinski definition) is 3. The number of esters is 1. The lowest BCUT2D eigenvalue weighted by Crippen LogP contribution is -2.26. The van der Waals surface area contributed by atoms with Crippen LogP contribution < -0.4 is 9.26 Å². The van der Waals surface area contributed by atoms with Gasteiger partial charge in [-0.05, 0) is 69.3 Å². The number of benzene rings is 2. The molecule has 2 aromatic carbocycles. The van der Waals surface area contributed by atoms with Crippen molar-refractivity contribution in [3.8, 4) is 11.5 Å². The Bertz CT molecular complexity index is 1240. The van der Waals surface area contributed by atoms with Crippen molar-refractivity contribution in [1.29, 1.82) is 0 Å². The average molecular weight is 489 g/mol. The summed E-state index contributed by atoms with van der Waals surface area (Å²) >= 11 is 0. The number of aromatic nitrogens is 1. The first-order valence-electron chi connectivity index (χ1n) is 11.1. The third kappa shape index (κ3) is 6.27. The molecular formula is C25H33N2O6P. The van der Waals surface area contributed by atoms with Gasteiger partial charge in [-0.1, -0.05) is 26.0 Å². The molecule has 3 rings (SSSR count). The third-order valence-corrected chi connectivity index (χ3v) is 6.16. The summed E-state index contributed by atoms with van der Waals surface area (Å²) in [5, 5.41) is 0.882. The summed E-state index contributed by atoms with van der Waals surface area (Å²) in [6, 6.07) is 9.02. The van der Waals surface area contributed by atoms with E-state index in [4.69, 9.17) is 9.26 Å². The van der Waals surface area contributed by atoms with Gasteiger partial charge in [0.2, 0.25) is 0 Å². The molecule has 8 nitrogen and oxygen atoms in total. The van der Waals surface area contributed by atoms with E-state index < -0.39 is 19.2 Å². The number of nitrogens with one attached hydrogen (secondary N) is 1. The number of phosphoric ester groups is 1. The topological polar surface area (TPSA) is 112 Å². The maximum atomic E-state index is 13.1. The highest BCUT2D eigenvalue weighted by molar-refractivity contribution is 7.46. The van der Waals surface area contributed by atoms with Crippen molar-refractivity contribution in [1.82, 2.24) is 9.88 Å². The maximum absolute atomic E-state index is 13.1. The predicted molar refractivity (Wildman–Crippen MR) is 132 cm³/mol. The summed E-state index contributed by atoms with van der Waals surface area (Å²) in [5.41, 5.74) is 3.29. The Labute approximate surface area is 200 Å². The molecule has 0 atom stereocenters. The molecule has 0 aliphatic rings. The minimum atomic E-state index is -4.78. The molecule has 1 heterocycles. The van der Waals surface area contributed by atoms with E-state index in [2.05, 4.69) is 9.88 Å². The molecule has 34 heavy (non-hydrogen) atoms. The highest BCUT2D eigenvalue weighted by Crippen LogP contribution is 2.45. The number of aryl methyl sites for hydroxylation is 2. The minimum Gasteiger partial charge on any atom is -0.426 e. The van der Waals surface area contributed by atoms with Crippen molar-refractivity contribution in [2.75, 3.05) is 20.6 Å². The maximum Gasteiger partial charge on any atom is 0.524 e. The number of carbonyl (C=O) groups excluding carboxylic acids is 1. The molecule has 0 fully saturated rings. The fourth-order valence-electron chi connectivity index (χ4n) is 4.45. The summed E-state index contributed by atoms with van der Waals surface area (Å²) < 4.78 is 22.4. The second kappa shape index (κ2) is 9.92. The first kappa shape index (κ1) is 26.0. The van der Waals surface area contributed by atoms with Gasteiger partial charge < -0.3 is 19.1 Å². The lowest BCUT2D eigenvalue weighted by molar-refractivity contribution is -0.135. The number of aromatic amines is 1. The van der Waals surface area contributed by atoms with Crippen LogP contribution in [0.15, 0.2) is 36.5 Å². The van der Waals surface area contributed by atoms with Crippen molar-refractivity contribution in [3.05, 3.63) is 58.8 Å². The Hall–Kier alpha value is -2.64. The van der Waals surface area contributed by atoms with E-state index in [1.807, 2.05) is 66.2 Å². The van der Waals surface area contributed by atoms with Crippen molar-refractivity contribution >= 4 is 24.7 Å². The molecule has 0 aliphatic carbocycles. The zero-order valence-electron chi connectivity index (χ0n) is 20.5. The van der Waals surface area contributed by atoms with E-state index >= 15 is 0 Å². The Morgan fingerprint density at radius 1 is 1.15 bits per heavy atom. The number of hydrogen-bond acceptors (Lipinski definition) is 5. The van der Waals surface area contributed by atoms with Crippen molar-refractivity contribution in [2.45, 2.75) is 46.0 Å². The van der Waals surface area contributed by atoms with E-state index in [0.717, 1.165) is 40.6 Å². The molecule has 0 spiro atoms. The third-order valence-electron chi connectivity index (χ3n) is 5.73. The lowest BCUT2D eigenvalue weighted by atomic mass is 9.78. The quantitative estimate of drug-likeness (QED) is 0.229. The first-order chi connectivity index (χ1) is 15.8. The summed E-state index contributed by atoms with van der Waals surface area (Å²) in [6.45, 7) is 8.17. The molecule has 1 aromatic heterocycles. The zero-order valence-corrected chi connectivity index (χ0v) is 21.4. The SMILES string of the molecule is Cc1cc(C)c(C(C)(C)CC(=O)Oc2cccc3[nH]cc(CCN(C)C)c23)c(OP(=O)(O)O)c1. The number of fused-ring (bicyclic) bond motifs is 1. The van der Waals surface area contributed by atoms with E-state index in [1.165, 1.54) is 0 Å². The molecule has 0 saturated carbocycles. The summed E-state index contributed by atoms with van der Waals surface area (Å²) in [4.78, 5) is 37.2. The average Bonchev–Trinajstić information content (AvgIpc) is 3.07. The van der Waals surface area contributed by atoms with Gasteiger partial charge in [-0.2, -0.15) is 0 Å². The van der Waals surface area contributed by atoms with Crippen LogP contribution in [-0.2, 0) is 21.2 Å². The molecule has 184 valence electrons. The number of ether oxygens (including phenoxy) is 1. The normalized spacial score (nSPS) is 12.4. The minimum absolute atomic E-state index is 0.0116. The van der Waals surface area contributed by atoms with Crippen LogP contribution >= 0.6 is 7.82 Å². The van der Waals surface area contributed by atoms with Crippen molar-refractivity contribution in [3.63, 3.8) is 0 Å². The Morgan fingerprint density at radius 3 is 2.50 bits per heavy atom. The standard InChI is InChI=1S/C25H33N2O6P/c1-16-12-17(2)24(21(13-16)33-34(29,30)31)25(3,4)14-22(28)32-20-9-7-8-19-23(20)18(15-26-19)10-11-27(5)6/h7-9,12-13,15,26H,10-11,14H2,1-6H3,(H2,29,30,31). The van der Waals surface area contributed by atoms with Crippen LogP contribution in [0.1, 0.15) is 42.5 Å². The molecule has 0 saturated heterocycles. The summed E-state index contributed by atoms with van der Waals surface area (Å²) in [5.74, 6) is 0.113. The summed E-state index contributed by atoms with van der Waals surface area (Å²) in [6.07, 6.45) is 2.73. The Balaban J connectivity index is 1.89. The summed E-state index contributed by atoms with van der Waals surface area (Å²) in [7, 11) is -0.757. The van der Waals surface area contributed by atoms with Gasteiger partial charge in [-0.25, -0.2) is 4.57 Å². The molecule has 3 aromatic rings. The zero-order chi connectivity index (χ0) is 25.3. The molecule has 0 radical (unpaired) electrons. The van der Waals surface area contributed by atoms with Gasteiger partial charge in [-0.15, -0.1) is 0 Å². The van der Waals surface area contributed by atoms with Gasteiger partial charge >= 0.3 is 13.8 Å². The Kier molecular flexibility index (Phi) is 7.58. The number of nitrogens with zero attached hydrogens (tertiary/aromatic N) is 1. The van der Waals surface area contributed by atoms with Gasteiger partial charge in [-0.3, -0.25) is 14.6 Å². The second-order valence-corrected chi connectivity index (χ2v) is 10.8. The van der Waals surface area contributed by atoms with Crippen LogP contribution in [0.2, 0.25) is 0 Å². The molecule has 0 bridgehead atoms. The molecule has 0 amide bonds. The van der Waals surface area contributed by atoms with E-state index in [1.54, 1.807) is 12.1 Å². The number of H-pyrrole nitrogens is 1. The van der Waals surface area contributed by atoms with Crippen molar-refractivity contribution < 1.29 is 28.4 Å². The molecule has 0 aliphatic heterocycles. The largest absolute Gasteiger partial charge is 0.524 e. The van der Waals surface area contributed by atoms with Crippen LogP contribution in [0, 0.1) is 13.8 Å². The molecule has 3 N–H and O–H groups in total. The number of phosphoric acid groups is 1. The van der Waals surface area contributed by atoms with Crippen LogP contribution in [0.4, 0.5) is 0 Å². The highest BCUT2D eigenvalue weighted by atomic mass is 31.2. The van der Waals surface area contributed by atoms with Gasteiger partial charge in [0.05, 0.1) is 6.42 Å². The van der Waals surface area contributed by atoms with Crippen LogP contribution in [0.5, 0.6) is 11.5 Å². The molecule has 0 unspecified atom stereocenters. The fraction of sp³-hybridized carbons (Fsp3) is 0.400. The highest BCUT2D eigenvalue weighted by Gasteiger charge is 2.33.